The number of nitrogens with one attached hydrogen (secondary N) is 1. The van der Waals surface area contributed by atoms with E-state index in [0.717, 1.165) is 4.90 Å². The van der Waals surface area contributed by atoms with E-state index < -0.39 is 30.5 Å². The second kappa shape index (κ2) is 4.08. The van der Waals surface area contributed by atoms with E-state index in [2.05, 4.69) is 5.32 Å². The van der Waals surface area contributed by atoms with Crippen molar-refractivity contribution in [1.82, 2.24) is 10.2 Å². The van der Waals surface area contributed by atoms with Gasteiger partial charge in [-0.05, 0) is 6.92 Å². The molecule has 7 heteroatoms. The molecule has 1 rings (SSSR count). The summed E-state index contributed by atoms with van der Waals surface area (Å²) in [5.41, 5.74) is 0. The van der Waals surface area contributed by atoms with Crippen molar-refractivity contribution in [2.45, 2.75) is 25.6 Å². The topological polar surface area (TPSA) is 49.4 Å². The van der Waals surface area contributed by atoms with E-state index in [0.29, 0.717) is 0 Å². The van der Waals surface area contributed by atoms with E-state index in [1.165, 1.54) is 6.92 Å². The minimum atomic E-state index is -4.33. The zero-order valence-corrected chi connectivity index (χ0v) is 8.10. The highest BCUT2D eigenvalue weighted by atomic mass is 19.4. The Balaban J connectivity index is 2.61. The number of halogens is 3. The number of hydrogen-bond donors (Lipinski definition) is 1. The maximum absolute atomic E-state index is 12.0. The highest BCUT2D eigenvalue weighted by molar-refractivity contribution is 5.92. The Kier molecular flexibility index (Phi) is 3.21. The van der Waals surface area contributed by atoms with Crippen LogP contribution < -0.4 is 5.32 Å². The first-order chi connectivity index (χ1) is 6.79. The predicted octanol–water partition coefficient (Wildman–Crippen LogP) is 0.286. The first-order valence-electron chi connectivity index (χ1n) is 4.42. The third kappa shape index (κ3) is 3.41. The molecule has 1 saturated heterocycles. The van der Waals surface area contributed by atoms with E-state index in [1.54, 1.807) is 0 Å². The number of amides is 2. The molecule has 0 bridgehead atoms. The molecular weight excluding hydrogens is 213 g/mol. The van der Waals surface area contributed by atoms with Crippen molar-refractivity contribution in [1.29, 1.82) is 0 Å². The van der Waals surface area contributed by atoms with Gasteiger partial charge in [-0.1, -0.05) is 0 Å². The van der Waals surface area contributed by atoms with Crippen molar-refractivity contribution in [2.75, 3.05) is 13.1 Å². The van der Waals surface area contributed by atoms with Gasteiger partial charge in [0.15, 0.2) is 0 Å². The van der Waals surface area contributed by atoms with Crippen molar-refractivity contribution in [2.24, 2.45) is 0 Å². The summed E-state index contributed by atoms with van der Waals surface area (Å²) in [4.78, 5) is 23.1. The summed E-state index contributed by atoms with van der Waals surface area (Å²) in [5.74, 6) is -0.907. The fourth-order valence-corrected chi connectivity index (χ4v) is 1.42. The number of rotatable bonds is 2. The lowest BCUT2D eigenvalue weighted by atomic mass is 10.1. The van der Waals surface area contributed by atoms with Gasteiger partial charge in [0.25, 0.3) is 0 Å². The van der Waals surface area contributed by atoms with Crippen LogP contribution in [0.2, 0.25) is 0 Å². The summed E-state index contributed by atoms with van der Waals surface area (Å²) in [7, 11) is 0. The molecule has 1 aliphatic rings. The summed E-state index contributed by atoms with van der Waals surface area (Å²) in [6.07, 6.45) is -5.42. The van der Waals surface area contributed by atoms with Gasteiger partial charge in [-0.2, -0.15) is 13.2 Å². The minimum Gasteiger partial charge on any atom is -0.345 e. The molecule has 1 atom stereocenters. The molecule has 86 valence electrons. The average molecular weight is 224 g/mol. The molecule has 0 aromatic carbocycles. The quantitative estimate of drug-likeness (QED) is 0.732. The minimum absolute atomic E-state index is 0.221. The Bertz CT molecular complexity index is 278. The molecule has 0 aromatic heterocycles. The summed E-state index contributed by atoms with van der Waals surface area (Å²) in [6.45, 7) is 0.765. The first-order valence-corrected chi connectivity index (χ1v) is 4.42. The summed E-state index contributed by atoms with van der Waals surface area (Å²) >= 11 is 0. The molecule has 15 heavy (non-hydrogen) atoms. The van der Waals surface area contributed by atoms with Crippen LogP contribution in [0.5, 0.6) is 0 Å². The van der Waals surface area contributed by atoms with Crippen LogP contribution in [0.3, 0.4) is 0 Å². The third-order valence-electron chi connectivity index (χ3n) is 2.13. The van der Waals surface area contributed by atoms with Gasteiger partial charge in [0.1, 0.15) is 0 Å². The van der Waals surface area contributed by atoms with Gasteiger partial charge in [-0.15, -0.1) is 0 Å². The first kappa shape index (κ1) is 11.8. The van der Waals surface area contributed by atoms with Crippen molar-refractivity contribution in [3.63, 3.8) is 0 Å². The number of carbonyl (C=O) groups is 2. The summed E-state index contributed by atoms with van der Waals surface area (Å²) < 4.78 is 36.1. The number of alkyl halides is 3. The smallest absolute Gasteiger partial charge is 0.345 e. The molecular formula is C8H11F3N2O2. The Hall–Kier alpha value is -1.27. The second-order valence-corrected chi connectivity index (χ2v) is 3.47. The van der Waals surface area contributed by atoms with Crippen LogP contribution in [0.1, 0.15) is 13.3 Å². The summed E-state index contributed by atoms with van der Waals surface area (Å²) in [5, 5.41) is 2.27. The van der Waals surface area contributed by atoms with Crippen LogP contribution in [0.25, 0.3) is 0 Å². The van der Waals surface area contributed by atoms with Gasteiger partial charge in [0.05, 0.1) is 19.5 Å². The van der Waals surface area contributed by atoms with Gasteiger partial charge in [-0.25, -0.2) is 0 Å². The lowest BCUT2D eigenvalue weighted by Gasteiger charge is -2.32. The van der Waals surface area contributed by atoms with E-state index in [9.17, 15) is 22.8 Å². The summed E-state index contributed by atoms with van der Waals surface area (Å²) in [6, 6.07) is -0.997. The fourth-order valence-electron chi connectivity index (χ4n) is 1.42. The molecule has 1 fully saturated rings. The van der Waals surface area contributed by atoms with Gasteiger partial charge in [-0.3, -0.25) is 9.59 Å². The number of piperazine rings is 1. The highest BCUT2D eigenvalue weighted by Gasteiger charge is 2.36. The monoisotopic (exact) mass is 224 g/mol. The van der Waals surface area contributed by atoms with Gasteiger partial charge in [0.2, 0.25) is 11.8 Å². The lowest BCUT2D eigenvalue weighted by molar-refractivity contribution is -0.157. The zero-order chi connectivity index (χ0) is 11.6. The van der Waals surface area contributed by atoms with Crippen LogP contribution in [-0.2, 0) is 9.59 Å². The molecule has 1 unspecified atom stereocenters. The average Bonchev–Trinajstić information content (AvgIpc) is 2.06. The van der Waals surface area contributed by atoms with E-state index in [-0.39, 0.29) is 13.1 Å². The van der Waals surface area contributed by atoms with Crippen LogP contribution in [0.4, 0.5) is 13.2 Å². The van der Waals surface area contributed by atoms with Crippen molar-refractivity contribution in [3.8, 4) is 0 Å². The molecule has 0 spiro atoms. The highest BCUT2D eigenvalue weighted by Crippen LogP contribution is 2.24. The Morgan fingerprint density at radius 3 is 2.60 bits per heavy atom. The SMILES string of the molecule is CC(CC(F)(F)F)N1CC(=O)NCC1=O. The third-order valence-corrected chi connectivity index (χ3v) is 2.13. The number of carbonyl (C=O) groups excluding carboxylic acids is 2. The lowest BCUT2D eigenvalue weighted by Crippen LogP contribution is -2.55. The molecule has 0 aliphatic carbocycles. The molecule has 0 aromatic rings. The normalized spacial score (nSPS) is 20.1. The van der Waals surface area contributed by atoms with E-state index >= 15 is 0 Å². The number of nitrogens with zero attached hydrogens (tertiary/aromatic N) is 1. The maximum atomic E-state index is 12.0. The zero-order valence-electron chi connectivity index (χ0n) is 8.10. The van der Waals surface area contributed by atoms with E-state index in [1.807, 2.05) is 0 Å². The second-order valence-electron chi connectivity index (χ2n) is 3.47. The Morgan fingerprint density at radius 2 is 2.07 bits per heavy atom. The van der Waals surface area contributed by atoms with Gasteiger partial charge in [0, 0.05) is 6.04 Å². The molecule has 2 amide bonds. The largest absolute Gasteiger partial charge is 0.391 e. The Labute approximate surface area is 84.4 Å². The van der Waals surface area contributed by atoms with Gasteiger partial charge < -0.3 is 10.2 Å². The fraction of sp³-hybridized carbons (Fsp3) is 0.750. The predicted molar refractivity (Wildman–Crippen MR) is 44.9 cm³/mol. The standard InChI is InChI=1S/C8H11F3N2O2/c1-5(2-8(9,10)11)13-4-6(14)12-3-7(13)15/h5H,2-4H2,1H3,(H,12,14). The molecule has 1 N–H and O–H groups in total. The van der Waals surface area contributed by atoms with Crippen molar-refractivity contribution in [3.05, 3.63) is 0 Å². The number of hydrogen-bond acceptors (Lipinski definition) is 2. The van der Waals surface area contributed by atoms with Crippen LogP contribution in [-0.4, -0.2) is 42.0 Å². The van der Waals surface area contributed by atoms with Crippen molar-refractivity contribution < 1.29 is 22.8 Å². The molecule has 1 heterocycles. The van der Waals surface area contributed by atoms with Crippen LogP contribution in [0, 0.1) is 0 Å². The molecule has 0 radical (unpaired) electrons. The van der Waals surface area contributed by atoms with Crippen LogP contribution >= 0.6 is 0 Å². The van der Waals surface area contributed by atoms with Gasteiger partial charge >= 0.3 is 6.18 Å². The molecule has 0 saturated carbocycles. The maximum Gasteiger partial charge on any atom is 0.391 e. The molecule has 4 nitrogen and oxygen atoms in total. The van der Waals surface area contributed by atoms with E-state index in [4.69, 9.17) is 0 Å². The van der Waals surface area contributed by atoms with Crippen LogP contribution in [0.15, 0.2) is 0 Å². The Morgan fingerprint density at radius 1 is 1.47 bits per heavy atom. The van der Waals surface area contributed by atoms with Crippen molar-refractivity contribution >= 4 is 11.8 Å². The molecule has 1 aliphatic heterocycles.